The highest BCUT2D eigenvalue weighted by atomic mass is 19.3. The highest BCUT2D eigenvalue weighted by Gasteiger charge is 2.21. The molecule has 1 saturated carbocycles. The Morgan fingerprint density at radius 1 is 0.725 bits per heavy atom. The SMILES string of the molecule is CCCCCCCC1CCC(CCc2ccc3c(F)c(CCc4cc(F)c(OC(F)F)c(F)c4)ccc3c2)CC1. The van der Waals surface area contributed by atoms with E-state index in [0.717, 1.165) is 35.8 Å². The molecule has 0 atom stereocenters. The van der Waals surface area contributed by atoms with Crippen LogP contribution in [0.2, 0.25) is 0 Å². The molecule has 0 spiro atoms. The lowest BCUT2D eigenvalue weighted by Crippen LogP contribution is -2.15. The number of benzene rings is 3. The summed E-state index contributed by atoms with van der Waals surface area (Å²) in [5.74, 6) is -2.16. The Bertz CT molecular complexity index is 1210. The van der Waals surface area contributed by atoms with Crippen molar-refractivity contribution in [2.45, 2.75) is 103 Å². The zero-order chi connectivity index (χ0) is 28.5. The van der Waals surface area contributed by atoms with Crippen LogP contribution in [-0.2, 0) is 19.3 Å². The molecule has 0 heterocycles. The summed E-state index contributed by atoms with van der Waals surface area (Å²) >= 11 is 0. The Morgan fingerprint density at radius 3 is 2.08 bits per heavy atom. The van der Waals surface area contributed by atoms with E-state index in [2.05, 4.69) is 17.7 Å². The van der Waals surface area contributed by atoms with Crippen LogP contribution in [0, 0.1) is 29.3 Å². The van der Waals surface area contributed by atoms with Crippen LogP contribution in [0.15, 0.2) is 42.5 Å². The number of hydrogen-bond donors (Lipinski definition) is 0. The molecule has 0 amide bonds. The van der Waals surface area contributed by atoms with E-state index in [-0.39, 0.29) is 24.2 Å². The fourth-order valence-corrected chi connectivity index (χ4v) is 6.19. The topological polar surface area (TPSA) is 9.23 Å². The smallest absolute Gasteiger partial charge is 0.387 e. The van der Waals surface area contributed by atoms with E-state index < -0.39 is 24.0 Å². The van der Waals surface area contributed by atoms with Crippen LogP contribution in [0.1, 0.15) is 94.2 Å². The van der Waals surface area contributed by atoms with Crippen LogP contribution in [0.3, 0.4) is 0 Å². The van der Waals surface area contributed by atoms with Crippen LogP contribution in [0.25, 0.3) is 10.8 Å². The third kappa shape index (κ3) is 8.44. The maximum absolute atomic E-state index is 15.3. The number of fused-ring (bicyclic) bond motifs is 1. The van der Waals surface area contributed by atoms with Gasteiger partial charge in [-0.3, -0.25) is 0 Å². The van der Waals surface area contributed by atoms with Crippen molar-refractivity contribution in [3.63, 3.8) is 0 Å². The first-order chi connectivity index (χ1) is 19.3. The zero-order valence-electron chi connectivity index (χ0n) is 23.5. The molecule has 4 rings (SSSR count). The molecule has 1 aliphatic rings. The highest BCUT2D eigenvalue weighted by Crippen LogP contribution is 2.35. The quantitative estimate of drug-likeness (QED) is 0.141. The van der Waals surface area contributed by atoms with Gasteiger partial charge < -0.3 is 4.74 Å². The summed E-state index contributed by atoms with van der Waals surface area (Å²) in [6.45, 7) is -1.06. The molecule has 6 heteroatoms. The van der Waals surface area contributed by atoms with E-state index >= 15 is 4.39 Å². The minimum absolute atomic E-state index is 0.157. The lowest BCUT2D eigenvalue weighted by atomic mass is 9.77. The molecule has 0 aromatic heterocycles. The highest BCUT2D eigenvalue weighted by molar-refractivity contribution is 5.84. The second-order valence-corrected chi connectivity index (χ2v) is 11.5. The summed E-state index contributed by atoms with van der Waals surface area (Å²) < 4.78 is 71.9. The molecule has 3 aromatic rings. The van der Waals surface area contributed by atoms with E-state index in [1.54, 1.807) is 6.07 Å². The number of rotatable bonds is 14. The van der Waals surface area contributed by atoms with Gasteiger partial charge in [0.15, 0.2) is 17.4 Å². The van der Waals surface area contributed by atoms with E-state index in [9.17, 15) is 17.6 Å². The summed E-state index contributed by atoms with van der Waals surface area (Å²) in [5.41, 5.74) is 1.90. The molecule has 0 saturated heterocycles. The fraction of sp³-hybridized carbons (Fsp3) is 0.529. The van der Waals surface area contributed by atoms with Crippen molar-refractivity contribution in [3.8, 4) is 5.75 Å². The van der Waals surface area contributed by atoms with Crippen LogP contribution in [-0.4, -0.2) is 6.61 Å². The van der Waals surface area contributed by atoms with E-state index in [1.807, 2.05) is 18.2 Å². The van der Waals surface area contributed by atoms with Gasteiger partial charge in [-0.25, -0.2) is 13.2 Å². The standard InChI is InChI=1S/C34H41F5O/c1-2-3-4-5-6-7-23-8-10-24(11-9-23)12-13-25-15-19-29-28(20-25)18-17-27(32(29)37)16-14-26-21-30(35)33(31(36)22-26)40-34(38)39/h15,17-24,34H,2-14,16H2,1H3. The molecule has 0 bridgehead atoms. The van der Waals surface area contributed by atoms with Gasteiger partial charge >= 0.3 is 6.61 Å². The summed E-state index contributed by atoms with van der Waals surface area (Å²) in [4.78, 5) is 0. The number of unbranched alkanes of at least 4 members (excludes halogenated alkanes) is 4. The third-order valence-electron chi connectivity index (χ3n) is 8.57. The van der Waals surface area contributed by atoms with Gasteiger partial charge in [0.25, 0.3) is 0 Å². The number of ether oxygens (including phenoxy) is 1. The van der Waals surface area contributed by atoms with Gasteiger partial charge in [0.1, 0.15) is 5.82 Å². The number of hydrogen-bond acceptors (Lipinski definition) is 1. The molecule has 1 aliphatic carbocycles. The van der Waals surface area contributed by atoms with Crippen molar-refractivity contribution in [3.05, 3.63) is 76.6 Å². The fourth-order valence-electron chi connectivity index (χ4n) is 6.19. The Morgan fingerprint density at radius 2 is 1.40 bits per heavy atom. The van der Waals surface area contributed by atoms with Gasteiger partial charge in [-0.05, 0) is 71.7 Å². The maximum atomic E-state index is 15.3. The average molecular weight is 561 g/mol. The van der Waals surface area contributed by atoms with Crippen molar-refractivity contribution in [1.29, 1.82) is 0 Å². The van der Waals surface area contributed by atoms with Gasteiger partial charge in [0.2, 0.25) is 0 Å². The number of halogens is 5. The van der Waals surface area contributed by atoms with Crippen LogP contribution >= 0.6 is 0 Å². The summed E-state index contributed by atoms with van der Waals surface area (Å²) in [6.07, 6.45) is 16.1. The first-order valence-electron chi connectivity index (χ1n) is 15.0. The van der Waals surface area contributed by atoms with Gasteiger partial charge in [0.05, 0.1) is 0 Å². The normalized spacial score (nSPS) is 17.6. The van der Waals surface area contributed by atoms with Crippen molar-refractivity contribution < 1.29 is 26.7 Å². The Kier molecular flexibility index (Phi) is 11.3. The van der Waals surface area contributed by atoms with Crippen molar-refractivity contribution in [2.75, 3.05) is 0 Å². The molecule has 1 nitrogen and oxygen atoms in total. The maximum Gasteiger partial charge on any atom is 0.387 e. The first-order valence-corrected chi connectivity index (χ1v) is 15.0. The lowest BCUT2D eigenvalue weighted by molar-refractivity contribution is -0.0546. The summed E-state index contributed by atoms with van der Waals surface area (Å²) in [5, 5.41) is 1.37. The monoisotopic (exact) mass is 560 g/mol. The third-order valence-corrected chi connectivity index (χ3v) is 8.57. The van der Waals surface area contributed by atoms with Gasteiger partial charge in [0, 0.05) is 5.39 Å². The number of aryl methyl sites for hydroxylation is 3. The predicted molar refractivity (Wildman–Crippen MR) is 151 cm³/mol. The molecule has 0 aliphatic heterocycles. The molecule has 40 heavy (non-hydrogen) atoms. The molecular formula is C34H41F5O. The Hall–Kier alpha value is -2.63. The second kappa shape index (κ2) is 14.8. The number of alkyl halides is 2. The average Bonchev–Trinajstić information content (AvgIpc) is 2.94. The first kappa shape index (κ1) is 30.3. The van der Waals surface area contributed by atoms with Crippen LogP contribution in [0.5, 0.6) is 5.75 Å². The van der Waals surface area contributed by atoms with Gasteiger partial charge in [-0.2, -0.15) is 8.78 Å². The zero-order valence-corrected chi connectivity index (χ0v) is 23.5. The summed E-state index contributed by atoms with van der Waals surface area (Å²) in [6, 6.07) is 11.4. The van der Waals surface area contributed by atoms with Gasteiger partial charge in [-0.15, -0.1) is 0 Å². The van der Waals surface area contributed by atoms with Gasteiger partial charge in [-0.1, -0.05) is 101 Å². The molecule has 0 unspecified atom stereocenters. The van der Waals surface area contributed by atoms with E-state index in [4.69, 9.17) is 0 Å². The van der Waals surface area contributed by atoms with Crippen molar-refractivity contribution >= 4 is 10.8 Å². The lowest BCUT2D eigenvalue weighted by Gasteiger charge is -2.28. The second-order valence-electron chi connectivity index (χ2n) is 11.5. The van der Waals surface area contributed by atoms with Crippen molar-refractivity contribution in [1.82, 2.24) is 0 Å². The molecule has 3 aromatic carbocycles. The van der Waals surface area contributed by atoms with E-state index in [0.29, 0.717) is 10.9 Å². The molecule has 0 radical (unpaired) electrons. The molecule has 1 fully saturated rings. The molecule has 218 valence electrons. The largest absolute Gasteiger partial charge is 0.429 e. The van der Waals surface area contributed by atoms with Crippen LogP contribution < -0.4 is 4.74 Å². The van der Waals surface area contributed by atoms with Crippen molar-refractivity contribution in [2.24, 2.45) is 11.8 Å². The Labute approximate surface area is 235 Å². The minimum atomic E-state index is -3.32. The molecular weight excluding hydrogens is 519 g/mol. The van der Waals surface area contributed by atoms with E-state index in [1.165, 1.54) is 76.2 Å². The molecule has 0 N–H and O–H groups in total. The predicted octanol–water partition coefficient (Wildman–Crippen LogP) is 10.7. The Balaban J connectivity index is 1.28. The minimum Gasteiger partial charge on any atom is -0.429 e. The summed E-state index contributed by atoms with van der Waals surface area (Å²) in [7, 11) is 0. The van der Waals surface area contributed by atoms with Crippen LogP contribution in [0.4, 0.5) is 22.0 Å².